The van der Waals surface area contributed by atoms with Crippen LogP contribution in [0.4, 0.5) is 5.69 Å². The van der Waals surface area contributed by atoms with Crippen LogP contribution in [0.25, 0.3) is 0 Å². The van der Waals surface area contributed by atoms with Crippen molar-refractivity contribution in [3.8, 4) is 0 Å². The standard InChI is InChI=1S/C19H20Cl3N3O/c20-14-2-1-3-16(11-14)24-6-8-25(9-7-24)19(26)18(23)10-13-4-5-15(21)12-17(13)22/h1-5,11-12,18H,6-10,23H2. The second-order valence-corrected chi connectivity index (χ2v) is 7.62. The van der Waals surface area contributed by atoms with Crippen LogP contribution in [0.3, 0.4) is 0 Å². The number of piperazine rings is 1. The first-order chi connectivity index (χ1) is 12.4. The fourth-order valence-corrected chi connectivity index (χ4v) is 3.77. The molecule has 1 saturated heterocycles. The number of halogens is 3. The molecule has 0 saturated carbocycles. The molecule has 0 bridgehead atoms. The summed E-state index contributed by atoms with van der Waals surface area (Å²) in [5, 5.41) is 1.81. The average molecular weight is 413 g/mol. The molecule has 1 atom stereocenters. The number of anilines is 1. The summed E-state index contributed by atoms with van der Waals surface area (Å²) < 4.78 is 0. The number of nitrogens with two attached hydrogens (primary N) is 1. The quantitative estimate of drug-likeness (QED) is 0.829. The van der Waals surface area contributed by atoms with Gasteiger partial charge in [0, 0.05) is 46.9 Å². The molecule has 2 N–H and O–H groups in total. The minimum absolute atomic E-state index is 0.0539. The molecular weight excluding hydrogens is 393 g/mol. The first-order valence-electron chi connectivity index (χ1n) is 8.43. The van der Waals surface area contributed by atoms with Crippen molar-refractivity contribution >= 4 is 46.4 Å². The summed E-state index contributed by atoms with van der Waals surface area (Å²) in [5.74, 6) is -0.0539. The highest BCUT2D eigenvalue weighted by Gasteiger charge is 2.26. The third kappa shape index (κ3) is 4.63. The number of nitrogens with zero attached hydrogens (tertiary/aromatic N) is 2. The van der Waals surface area contributed by atoms with Crippen LogP contribution < -0.4 is 10.6 Å². The molecular formula is C19H20Cl3N3O. The van der Waals surface area contributed by atoms with E-state index in [1.165, 1.54) is 0 Å². The number of benzene rings is 2. The summed E-state index contributed by atoms with van der Waals surface area (Å²) in [6.07, 6.45) is 0.392. The van der Waals surface area contributed by atoms with Crippen LogP contribution in [0.1, 0.15) is 5.56 Å². The van der Waals surface area contributed by atoms with E-state index in [-0.39, 0.29) is 5.91 Å². The van der Waals surface area contributed by atoms with Gasteiger partial charge in [0.2, 0.25) is 5.91 Å². The summed E-state index contributed by atoms with van der Waals surface area (Å²) in [5.41, 5.74) is 8.04. The van der Waals surface area contributed by atoms with Crippen LogP contribution in [0.2, 0.25) is 15.1 Å². The molecule has 2 aromatic carbocycles. The molecule has 26 heavy (non-hydrogen) atoms. The van der Waals surface area contributed by atoms with Gasteiger partial charge in [0.15, 0.2) is 0 Å². The fraction of sp³-hybridized carbons (Fsp3) is 0.316. The number of carbonyl (C=O) groups is 1. The third-order valence-corrected chi connectivity index (χ3v) is 5.36. The lowest BCUT2D eigenvalue weighted by atomic mass is 10.0. The van der Waals surface area contributed by atoms with Gasteiger partial charge in [0.05, 0.1) is 6.04 Å². The minimum atomic E-state index is -0.619. The summed E-state index contributed by atoms with van der Waals surface area (Å²) in [6.45, 7) is 2.77. The smallest absolute Gasteiger partial charge is 0.239 e. The first-order valence-corrected chi connectivity index (χ1v) is 9.56. The number of hydrogen-bond acceptors (Lipinski definition) is 3. The number of carbonyl (C=O) groups excluding carboxylic acids is 1. The summed E-state index contributed by atoms with van der Waals surface area (Å²) in [6, 6.07) is 12.4. The van der Waals surface area contributed by atoms with Crippen LogP contribution in [0, 0.1) is 0 Å². The first kappa shape index (κ1) is 19.3. The third-order valence-electron chi connectivity index (χ3n) is 4.54. The molecule has 0 radical (unpaired) electrons. The van der Waals surface area contributed by atoms with Crippen molar-refractivity contribution in [2.24, 2.45) is 5.73 Å². The van der Waals surface area contributed by atoms with E-state index in [4.69, 9.17) is 40.5 Å². The highest BCUT2D eigenvalue weighted by atomic mass is 35.5. The molecule has 0 aliphatic carbocycles. The molecule has 1 aliphatic heterocycles. The lowest BCUT2D eigenvalue weighted by Crippen LogP contribution is -2.53. The van der Waals surface area contributed by atoms with E-state index in [2.05, 4.69) is 4.90 Å². The van der Waals surface area contributed by atoms with Gasteiger partial charge in [-0.15, -0.1) is 0 Å². The zero-order valence-corrected chi connectivity index (χ0v) is 16.4. The van der Waals surface area contributed by atoms with E-state index < -0.39 is 6.04 Å². The average Bonchev–Trinajstić information content (AvgIpc) is 2.63. The molecule has 0 aromatic heterocycles. The minimum Gasteiger partial charge on any atom is -0.368 e. The molecule has 138 valence electrons. The van der Waals surface area contributed by atoms with Gasteiger partial charge in [-0.3, -0.25) is 4.79 Å². The molecule has 4 nitrogen and oxygen atoms in total. The zero-order chi connectivity index (χ0) is 18.7. The van der Waals surface area contributed by atoms with Crippen molar-refractivity contribution in [2.75, 3.05) is 31.1 Å². The topological polar surface area (TPSA) is 49.6 Å². The van der Waals surface area contributed by atoms with Crippen LogP contribution in [-0.4, -0.2) is 43.0 Å². The van der Waals surface area contributed by atoms with Gasteiger partial charge in [-0.1, -0.05) is 46.9 Å². The molecule has 1 amide bonds. The van der Waals surface area contributed by atoms with Crippen LogP contribution in [-0.2, 0) is 11.2 Å². The number of amides is 1. The second kappa shape index (κ2) is 8.49. The predicted molar refractivity (Wildman–Crippen MR) is 108 cm³/mol. The van der Waals surface area contributed by atoms with Crippen LogP contribution >= 0.6 is 34.8 Å². The number of hydrogen-bond donors (Lipinski definition) is 1. The summed E-state index contributed by atoms with van der Waals surface area (Å²) in [4.78, 5) is 16.7. The normalized spacial score (nSPS) is 15.8. The van der Waals surface area contributed by atoms with Gasteiger partial charge >= 0.3 is 0 Å². The molecule has 3 rings (SSSR count). The van der Waals surface area contributed by atoms with E-state index in [0.29, 0.717) is 34.6 Å². The van der Waals surface area contributed by atoms with Gasteiger partial charge < -0.3 is 15.5 Å². The lowest BCUT2D eigenvalue weighted by Gasteiger charge is -2.37. The molecule has 1 aliphatic rings. The Hall–Kier alpha value is -1.46. The summed E-state index contributed by atoms with van der Waals surface area (Å²) in [7, 11) is 0. The molecule has 1 fully saturated rings. The van der Waals surface area contributed by atoms with Crippen LogP contribution in [0.5, 0.6) is 0 Å². The van der Waals surface area contributed by atoms with Gasteiger partial charge in [0.1, 0.15) is 0 Å². The molecule has 7 heteroatoms. The molecule has 0 spiro atoms. The van der Waals surface area contributed by atoms with Gasteiger partial charge in [-0.05, 0) is 42.3 Å². The summed E-state index contributed by atoms with van der Waals surface area (Å²) >= 11 is 18.1. The maximum absolute atomic E-state index is 12.7. The lowest BCUT2D eigenvalue weighted by molar-refractivity contribution is -0.132. The Kier molecular flexibility index (Phi) is 6.30. The van der Waals surface area contributed by atoms with Crippen LogP contribution in [0.15, 0.2) is 42.5 Å². The molecule has 2 aromatic rings. The van der Waals surface area contributed by atoms with E-state index in [0.717, 1.165) is 24.3 Å². The van der Waals surface area contributed by atoms with E-state index in [1.807, 2.05) is 35.2 Å². The zero-order valence-electron chi connectivity index (χ0n) is 14.2. The Morgan fingerprint density at radius 2 is 1.69 bits per heavy atom. The maximum atomic E-state index is 12.7. The Balaban J connectivity index is 1.57. The van der Waals surface area contributed by atoms with Gasteiger partial charge in [-0.25, -0.2) is 0 Å². The Labute approximate surface area is 168 Å². The Morgan fingerprint density at radius 3 is 2.35 bits per heavy atom. The van der Waals surface area contributed by atoms with Gasteiger partial charge in [-0.2, -0.15) is 0 Å². The fourth-order valence-electron chi connectivity index (χ4n) is 3.10. The Bertz CT molecular complexity index is 791. The molecule has 1 unspecified atom stereocenters. The van der Waals surface area contributed by atoms with Crippen molar-refractivity contribution < 1.29 is 4.79 Å². The SMILES string of the molecule is NC(Cc1ccc(Cl)cc1Cl)C(=O)N1CCN(c2cccc(Cl)c2)CC1. The molecule has 1 heterocycles. The monoisotopic (exact) mass is 411 g/mol. The number of rotatable bonds is 4. The highest BCUT2D eigenvalue weighted by molar-refractivity contribution is 6.35. The largest absolute Gasteiger partial charge is 0.368 e. The van der Waals surface area contributed by atoms with E-state index in [1.54, 1.807) is 12.1 Å². The van der Waals surface area contributed by atoms with Crippen molar-refractivity contribution in [3.05, 3.63) is 63.1 Å². The second-order valence-electron chi connectivity index (χ2n) is 6.34. The maximum Gasteiger partial charge on any atom is 0.239 e. The van der Waals surface area contributed by atoms with Gasteiger partial charge in [0.25, 0.3) is 0 Å². The van der Waals surface area contributed by atoms with Crippen molar-refractivity contribution in [3.63, 3.8) is 0 Å². The van der Waals surface area contributed by atoms with Crippen molar-refractivity contribution in [1.29, 1.82) is 0 Å². The van der Waals surface area contributed by atoms with E-state index >= 15 is 0 Å². The predicted octanol–water partition coefficient (Wildman–Crippen LogP) is 3.87. The highest BCUT2D eigenvalue weighted by Crippen LogP contribution is 2.23. The Morgan fingerprint density at radius 1 is 1.00 bits per heavy atom. The van der Waals surface area contributed by atoms with E-state index in [9.17, 15) is 4.79 Å². The van der Waals surface area contributed by atoms with Crippen molar-refractivity contribution in [2.45, 2.75) is 12.5 Å². The van der Waals surface area contributed by atoms with Crippen molar-refractivity contribution in [1.82, 2.24) is 4.90 Å².